The summed E-state index contributed by atoms with van der Waals surface area (Å²) in [5.74, 6) is 1.88. The van der Waals surface area contributed by atoms with Gasteiger partial charge in [0.1, 0.15) is 36.9 Å². The van der Waals surface area contributed by atoms with Crippen molar-refractivity contribution in [3.05, 3.63) is 66.1 Å². The maximum atomic E-state index is 5.70. The van der Waals surface area contributed by atoms with Gasteiger partial charge in [0.05, 0.1) is 13.2 Å². The fourth-order valence-electron chi connectivity index (χ4n) is 2.75. The molecule has 0 amide bonds. The molecule has 2 aliphatic heterocycles. The molecule has 2 fully saturated rings. The minimum atomic E-state index is 0.127. The fraction of sp³-hybridized carbons (Fsp3) is 0.381. The zero-order valence-corrected chi connectivity index (χ0v) is 14.3. The molecule has 0 saturated carbocycles. The molecule has 25 heavy (non-hydrogen) atoms. The van der Waals surface area contributed by atoms with Gasteiger partial charge < -0.3 is 18.9 Å². The van der Waals surface area contributed by atoms with Gasteiger partial charge in [-0.1, -0.05) is 31.2 Å². The van der Waals surface area contributed by atoms with Gasteiger partial charge in [-0.05, 0) is 41.8 Å². The molecule has 0 N–H and O–H groups in total. The lowest BCUT2D eigenvalue weighted by atomic mass is 9.89. The van der Waals surface area contributed by atoms with Crippen LogP contribution in [0.4, 0.5) is 0 Å². The molecule has 4 rings (SSSR count). The van der Waals surface area contributed by atoms with E-state index < -0.39 is 0 Å². The molecule has 0 spiro atoms. The molecule has 2 aromatic carbocycles. The van der Waals surface area contributed by atoms with Crippen LogP contribution < -0.4 is 9.47 Å². The van der Waals surface area contributed by atoms with E-state index in [1.807, 2.05) is 31.2 Å². The lowest BCUT2D eigenvalue weighted by Crippen LogP contribution is -2.05. The Morgan fingerprint density at radius 1 is 0.840 bits per heavy atom. The molecular formula is C21H22O4. The SMILES string of the molecule is C[C]C(c1ccc(OCC2CO2)cc1)c1ccc(OCC2CO2)cc1. The molecule has 2 aromatic rings. The highest BCUT2D eigenvalue weighted by Crippen LogP contribution is 2.30. The molecule has 2 unspecified atom stereocenters. The topological polar surface area (TPSA) is 43.5 Å². The lowest BCUT2D eigenvalue weighted by Gasteiger charge is -2.16. The maximum Gasteiger partial charge on any atom is 0.119 e. The third-order valence-corrected chi connectivity index (χ3v) is 4.39. The Kier molecular flexibility index (Phi) is 4.90. The summed E-state index contributed by atoms with van der Waals surface area (Å²) in [5.41, 5.74) is 2.38. The zero-order valence-electron chi connectivity index (χ0n) is 14.3. The Labute approximate surface area is 148 Å². The minimum absolute atomic E-state index is 0.127. The highest BCUT2D eigenvalue weighted by atomic mass is 16.6. The standard InChI is InChI=1S/C21H22O4/c1-2-21(15-3-7-17(8-4-15)22-11-19-13-24-19)16-5-9-18(10-6-16)23-12-20-14-25-20/h3-10,19-21H,11-14H2,1H3. The average molecular weight is 338 g/mol. The molecule has 0 bridgehead atoms. The summed E-state index contributed by atoms with van der Waals surface area (Å²) in [6.45, 7) is 4.85. The predicted molar refractivity (Wildman–Crippen MR) is 94.1 cm³/mol. The van der Waals surface area contributed by atoms with Crippen LogP contribution in [0, 0.1) is 6.42 Å². The molecule has 2 aliphatic rings. The van der Waals surface area contributed by atoms with E-state index in [0.29, 0.717) is 13.2 Å². The summed E-state index contributed by atoms with van der Waals surface area (Å²) in [4.78, 5) is 0. The summed E-state index contributed by atoms with van der Waals surface area (Å²) in [5, 5.41) is 0. The highest BCUT2D eigenvalue weighted by molar-refractivity contribution is 5.40. The molecular weight excluding hydrogens is 316 g/mol. The Morgan fingerprint density at radius 3 is 1.56 bits per heavy atom. The van der Waals surface area contributed by atoms with Crippen molar-refractivity contribution in [3.8, 4) is 11.5 Å². The zero-order chi connectivity index (χ0) is 17.1. The van der Waals surface area contributed by atoms with Crippen molar-refractivity contribution in [3.63, 3.8) is 0 Å². The summed E-state index contributed by atoms with van der Waals surface area (Å²) in [7, 11) is 0. The predicted octanol–water partition coefficient (Wildman–Crippen LogP) is 3.47. The van der Waals surface area contributed by atoms with Crippen molar-refractivity contribution in [1.82, 2.24) is 0 Å². The van der Waals surface area contributed by atoms with E-state index in [1.54, 1.807) is 0 Å². The largest absolute Gasteiger partial charge is 0.491 e. The van der Waals surface area contributed by atoms with Crippen molar-refractivity contribution in [2.75, 3.05) is 26.4 Å². The Morgan fingerprint density at radius 2 is 1.24 bits per heavy atom. The van der Waals surface area contributed by atoms with Crippen molar-refractivity contribution >= 4 is 0 Å². The van der Waals surface area contributed by atoms with Gasteiger partial charge in [0.15, 0.2) is 0 Å². The van der Waals surface area contributed by atoms with Crippen LogP contribution >= 0.6 is 0 Å². The third-order valence-electron chi connectivity index (χ3n) is 4.39. The second kappa shape index (κ2) is 7.46. The molecule has 130 valence electrons. The number of epoxide rings is 2. The van der Waals surface area contributed by atoms with E-state index in [9.17, 15) is 0 Å². The molecule has 2 radical (unpaired) electrons. The number of hydrogen-bond acceptors (Lipinski definition) is 4. The second-order valence-electron chi connectivity index (χ2n) is 6.39. The van der Waals surface area contributed by atoms with Crippen LogP contribution in [0.2, 0.25) is 0 Å². The highest BCUT2D eigenvalue weighted by Gasteiger charge is 2.24. The lowest BCUT2D eigenvalue weighted by molar-refractivity contribution is 0.263. The van der Waals surface area contributed by atoms with Gasteiger partial charge in [0.25, 0.3) is 0 Å². The van der Waals surface area contributed by atoms with E-state index in [0.717, 1.165) is 24.7 Å². The number of rotatable bonds is 9. The van der Waals surface area contributed by atoms with Crippen LogP contribution in [0.1, 0.15) is 24.0 Å². The van der Waals surface area contributed by atoms with E-state index in [4.69, 9.17) is 18.9 Å². The van der Waals surface area contributed by atoms with Gasteiger partial charge in [-0.25, -0.2) is 0 Å². The van der Waals surface area contributed by atoms with Crippen LogP contribution in [0.5, 0.6) is 11.5 Å². The van der Waals surface area contributed by atoms with Crippen LogP contribution in [0.15, 0.2) is 48.5 Å². The summed E-state index contributed by atoms with van der Waals surface area (Å²) in [6.07, 6.45) is 3.92. The minimum Gasteiger partial charge on any atom is -0.491 e. The van der Waals surface area contributed by atoms with Gasteiger partial charge >= 0.3 is 0 Å². The molecule has 2 saturated heterocycles. The van der Waals surface area contributed by atoms with Crippen LogP contribution in [-0.4, -0.2) is 38.6 Å². The number of benzene rings is 2. The first-order valence-electron chi connectivity index (χ1n) is 8.68. The third kappa shape index (κ3) is 4.53. The summed E-state index contributed by atoms with van der Waals surface area (Å²) >= 11 is 0. The van der Waals surface area contributed by atoms with Crippen LogP contribution in [0.25, 0.3) is 0 Å². The fourth-order valence-corrected chi connectivity index (χ4v) is 2.75. The molecule has 0 aromatic heterocycles. The van der Waals surface area contributed by atoms with Gasteiger partial charge in [-0.15, -0.1) is 0 Å². The molecule has 4 nitrogen and oxygen atoms in total. The Hall–Kier alpha value is -2.04. The first kappa shape index (κ1) is 16.4. The Bertz CT molecular complexity index is 613. The molecule has 4 heteroatoms. The number of ether oxygens (including phenoxy) is 4. The molecule has 0 aliphatic carbocycles. The van der Waals surface area contributed by atoms with E-state index in [2.05, 4.69) is 30.7 Å². The quantitative estimate of drug-likeness (QED) is 0.657. The van der Waals surface area contributed by atoms with Crippen molar-refractivity contribution in [2.24, 2.45) is 0 Å². The van der Waals surface area contributed by atoms with Gasteiger partial charge in [-0.3, -0.25) is 0 Å². The summed E-state index contributed by atoms with van der Waals surface area (Å²) < 4.78 is 21.7. The Balaban J connectivity index is 1.39. The van der Waals surface area contributed by atoms with E-state index in [1.165, 1.54) is 11.1 Å². The normalized spacial score (nSPS) is 22.3. The maximum absolute atomic E-state index is 5.70. The van der Waals surface area contributed by atoms with E-state index >= 15 is 0 Å². The van der Waals surface area contributed by atoms with Gasteiger partial charge in [0, 0.05) is 5.92 Å². The molecule has 2 atom stereocenters. The average Bonchev–Trinajstić information content (AvgIpc) is 3.56. The monoisotopic (exact) mass is 338 g/mol. The summed E-state index contributed by atoms with van der Waals surface area (Å²) in [6, 6.07) is 16.4. The van der Waals surface area contributed by atoms with Crippen LogP contribution in [0.3, 0.4) is 0 Å². The first-order valence-corrected chi connectivity index (χ1v) is 8.68. The van der Waals surface area contributed by atoms with Crippen molar-refractivity contribution < 1.29 is 18.9 Å². The van der Waals surface area contributed by atoms with Crippen molar-refractivity contribution in [1.29, 1.82) is 0 Å². The van der Waals surface area contributed by atoms with Crippen LogP contribution in [-0.2, 0) is 9.47 Å². The van der Waals surface area contributed by atoms with Gasteiger partial charge in [-0.2, -0.15) is 0 Å². The first-order chi connectivity index (χ1) is 12.3. The smallest absolute Gasteiger partial charge is 0.119 e. The second-order valence-corrected chi connectivity index (χ2v) is 6.39. The molecule has 2 heterocycles. The van der Waals surface area contributed by atoms with Gasteiger partial charge in [0.2, 0.25) is 0 Å². The van der Waals surface area contributed by atoms with E-state index in [-0.39, 0.29) is 18.1 Å². The number of hydrogen-bond donors (Lipinski definition) is 0. The van der Waals surface area contributed by atoms with Crippen molar-refractivity contribution in [2.45, 2.75) is 25.0 Å².